The van der Waals surface area contributed by atoms with Crippen molar-refractivity contribution in [3.63, 3.8) is 0 Å². The lowest BCUT2D eigenvalue weighted by molar-refractivity contribution is -0.137. The highest BCUT2D eigenvalue weighted by Gasteiger charge is 2.33. The highest BCUT2D eigenvalue weighted by atomic mass is 32.2. The van der Waals surface area contributed by atoms with E-state index in [0.717, 1.165) is 12.1 Å². The van der Waals surface area contributed by atoms with E-state index < -0.39 is 27.2 Å². The molecule has 1 amide bonds. The molecule has 2 heterocycles. The van der Waals surface area contributed by atoms with Crippen LogP contribution in [0.2, 0.25) is 0 Å². The second kappa shape index (κ2) is 10.5. The Morgan fingerprint density at radius 1 is 1.07 bits per heavy atom. The molecule has 4 rings (SSSR count). The molecule has 2 aromatic carbocycles. The van der Waals surface area contributed by atoms with Crippen LogP contribution < -0.4 is 9.62 Å². The van der Waals surface area contributed by atoms with Crippen LogP contribution in [0.1, 0.15) is 48.8 Å². The number of halogens is 3. The van der Waals surface area contributed by atoms with E-state index in [-0.39, 0.29) is 22.9 Å². The van der Waals surface area contributed by atoms with Crippen molar-refractivity contribution in [3.8, 4) is 5.69 Å². The maximum Gasteiger partial charge on any atom is 0.416 e. The lowest BCUT2D eigenvalue weighted by Gasteiger charge is -2.28. The second-order valence-electron chi connectivity index (χ2n) is 10.4. The minimum absolute atomic E-state index is 0.0302. The summed E-state index contributed by atoms with van der Waals surface area (Å²) in [6.07, 6.45) is -0.835. The maximum absolute atomic E-state index is 13.5. The molecule has 0 fully saturated rings. The Morgan fingerprint density at radius 2 is 1.77 bits per heavy atom. The molecule has 0 unspecified atom stereocenters. The van der Waals surface area contributed by atoms with E-state index in [1.54, 1.807) is 55.1 Å². The largest absolute Gasteiger partial charge is 0.416 e. The molecule has 0 saturated heterocycles. The number of para-hydroxylation sites is 1. The molecule has 0 aliphatic heterocycles. The number of aromatic nitrogens is 2. The predicted octanol–water partition coefficient (Wildman–Crippen LogP) is 6.36. The number of nitrogens with zero attached hydrogens (tertiary/aromatic N) is 3. The van der Waals surface area contributed by atoms with E-state index in [0.29, 0.717) is 34.5 Å². The van der Waals surface area contributed by atoms with E-state index >= 15 is 0 Å². The number of aryl methyl sites for hydroxylation is 1. The van der Waals surface area contributed by atoms with Gasteiger partial charge in [-0.2, -0.15) is 13.2 Å². The predicted molar refractivity (Wildman–Crippen MR) is 145 cm³/mol. The van der Waals surface area contributed by atoms with Crippen LogP contribution in [0.3, 0.4) is 0 Å². The van der Waals surface area contributed by atoms with Gasteiger partial charge in [0.15, 0.2) is 5.82 Å². The average molecular weight is 575 g/mol. The van der Waals surface area contributed by atoms with Crippen molar-refractivity contribution < 1.29 is 30.9 Å². The first-order valence-electron chi connectivity index (χ1n) is 12.3. The van der Waals surface area contributed by atoms with Gasteiger partial charge in [0, 0.05) is 23.6 Å². The summed E-state index contributed by atoms with van der Waals surface area (Å²) in [4.78, 5) is 13.3. The fourth-order valence-electron chi connectivity index (χ4n) is 4.23. The van der Waals surface area contributed by atoms with Gasteiger partial charge in [0.1, 0.15) is 10.7 Å². The van der Waals surface area contributed by atoms with Gasteiger partial charge in [-0.05, 0) is 60.7 Å². The van der Waals surface area contributed by atoms with Gasteiger partial charge in [0.25, 0.3) is 10.0 Å². The lowest BCUT2D eigenvalue weighted by atomic mass is 9.84. The molecule has 0 spiro atoms. The molecule has 40 heavy (non-hydrogen) atoms. The third-order valence-electron chi connectivity index (χ3n) is 6.50. The van der Waals surface area contributed by atoms with E-state index in [1.807, 2.05) is 20.8 Å². The molecule has 0 radical (unpaired) electrons. The SMILES string of the molecule is Cc1onc(NS(=O)(=O)c2ccccc2-n2ccc(CN(C=O)c3cc(C(F)(F)F)ccc3C(C)(C)C)c2)c1C. The zero-order chi connectivity index (χ0) is 29.5. The van der Waals surface area contributed by atoms with E-state index in [9.17, 15) is 26.4 Å². The number of benzene rings is 2. The number of hydrogen-bond donors (Lipinski definition) is 1. The minimum atomic E-state index is -4.57. The summed E-state index contributed by atoms with van der Waals surface area (Å²) in [5, 5.41) is 3.77. The zero-order valence-corrected chi connectivity index (χ0v) is 23.4. The van der Waals surface area contributed by atoms with Crippen molar-refractivity contribution in [2.75, 3.05) is 9.62 Å². The summed E-state index contributed by atoms with van der Waals surface area (Å²) in [6.45, 7) is 8.87. The molecule has 4 aromatic rings. The Labute approximate surface area is 230 Å². The van der Waals surface area contributed by atoms with Crippen molar-refractivity contribution in [1.82, 2.24) is 9.72 Å². The minimum Gasteiger partial charge on any atom is -0.359 e. The van der Waals surface area contributed by atoms with Crippen molar-refractivity contribution in [2.45, 2.75) is 57.7 Å². The molecular formula is C28H29F3N4O4S. The summed E-state index contributed by atoms with van der Waals surface area (Å²) in [6, 6.07) is 11.4. The van der Waals surface area contributed by atoms with E-state index in [2.05, 4.69) is 9.88 Å². The topological polar surface area (TPSA) is 97.4 Å². The van der Waals surface area contributed by atoms with Crippen LogP contribution in [0.15, 0.2) is 70.3 Å². The normalized spacial score (nSPS) is 12.4. The van der Waals surface area contributed by atoms with E-state index in [1.165, 1.54) is 17.0 Å². The third-order valence-corrected chi connectivity index (χ3v) is 7.88. The number of nitrogens with one attached hydrogen (secondary N) is 1. The highest BCUT2D eigenvalue weighted by Crippen LogP contribution is 2.38. The molecule has 1 N–H and O–H groups in total. The molecular weight excluding hydrogens is 545 g/mol. The number of carbonyl (C=O) groups is 1. The first-order chi connectivity index (χ1) is 18.6. The Hall–Kier alpha value is -4.06. The van der Waals surface area contributed by atoms with Crippen LogP contribution in [0.4, 0.5) is 24.7 Å². The van der Waals surface area contributed by atoms with Gasteiger partial charge in [-0.15, -0.1) is 0 Å². The molecule has 8 nitrogen and oxygen atoms in total. The van der Waals surface area contributed by atoms with Crippen LogP contribution in [-0.2, 0) is 33.0 Å². The summed E-state index contributed by atoms with van der Waals surface area (Å²) in [5.74, 6) is 0.564. The number of alkyl halides is 3. The van der Waals surface area contributed by atoms with Gasteiger partial charge < -0.3 is 14.0 Å². The molecule has 212 valence electrons. The number of hydrogen-bond acceptors (Lipinski definition) is 5. The summed E-state index contributed by atoms with van der Waals surface area (Å²) in [5.41, 5.74) is 0.794. The fourth-order valence-corrected chi connectivity index (χ4v) is 5.49. The quantitative estimate of drug-likeness (QED) is 0.247. The monoisotopic (exact) mass is 574 g/mol. The molecule has 0 atom stereocenters. The number of amides is 1. The van der Waals surface area contributed by atoms with Gasteiger partial charge in [-0.25, -0.2) is 8.42 Å². The number of anilines is 2. The molecule has 0 bridgehead atoms. The fraction of sp³-hybridized carbons (Fsp3) is 0.286. The van der Waals surface area contributed by atoms with Crippen LogP contribution in [-0.4, -0.2) is 24.6 Å². The van der Waals surface area contributed by atoms with Crippen molar-refractivity contribution >= 4 is 27.9 Å². The Bertz CT molecular complexity index is 1650. The molecule has 2 aromatic heterocycles. The Morgan fingerprint density at radius 3 is 2.38 bits per heavy atom. The van der Waals surface area contributed by atoms with Crippen LogP contribution in [0, 0.1) is 13.8 Å². The number of sulfonamides is 1. The van der Waals surface area contributed by atoms with Crippen molar-refractivity contribution in [1.29, 1.82) is 0 Å². The van der Waals surface area contributed by atoms with Crippen molar-refractivity contribution in [3.05, 3.63) is 88.9 Å². The first-order valence-corrected chi connectivity index (χ1v) is 13.8. The first kappa shape index (κ1) is 28.9. The van der Waals surface area contributed by atoms with Gasteiger partial charge in [-0.1, -0.05) is 44.1 Å². The van der Waals surface area contributed by atoms with Gasteiger partial charge in [-0.3, -0.25) is 9.52 Å². The summed E-state index contributed by atoms with van der Waals surface area (Å²) in [7, 11) is -4.07. The summed E-state index contributed by atoms with van der Waals surface area (Å²) >= 11 is 0. The standard InChI is InChI=1S/C28H29F3N4O4S/c1-18-19(2)39-32-26(18)33-40(37,38)25-9-7-6-8-23(25)34-13-12-20(15-34)16-35(17-36)24-14-21(28(29,30)31)10-11-22(24)27(3,4)5/h6-15,17H,16H2,1-5H3,(H,32,33). The molecule has 0 aliphatic carbocycles. The number of rotatable bonds is 8. The van der Waals surface area contributed by atoms with Gasteiger partial charge in [0.2, 0.25) is 6.41 Å². The van der Waals surface area contributed by atoms with Crippen LogP contribution in [0.25, 0.3) is 5.69 Å². The third kappa shape index (κ3) is 5.91. The average Bonchev–Trinajstić information content (AvgIpc) is 3.47. The highest BCUT2D eigenvalue weighted by molar-refractivity contribution is 7.92. The van der Waals surface area contributed by atoms with Crippen LogP contribution in [0.5, 0.6) is 0 Å². The van der Waals surface area contributed by atoms with Crippen molar-refractivity contribution in [2.24, 2.45) is 0 Å². The smallest absolute Gasteiger partial charge is 0.359 e. The van der Waals surface area contributed by atoms with Gasteiger partial charge >= 0.3 is 6.18 Å². The molecule has 0 saturated carbocycles. The summed E-state index contributed by atoms with van der Waals surface area (Å²) < 4.78 is 76.1. The maximum atomic E-state index is 13.5. The molecule has 12 heteroatoms. The number of carbonyl (C=O) groups excluding carboxylic acids is 1. The second-order valence-corrected chi connectivity index (χ2v) is 12.1. The molecule has 0 aliphatic rings. The van der Waals surface area contributed by atoms with Crippen LogP contribution >= 0.6 is 0 Å². The van der Waals surface area contributed by atoms with E-state index in [4.69, 9.17) is 4.52 Å². The Kier molecular flexibility index (Phi) is 7.59. The van der Waals surface area contributed by atoms with Gasteiger partial charge in [0.05, 0.1) is 17.8 Å². The zero-order valence-electron chi connectivity index (χ0n) is 22.6. The lowest BCUT2D eigenvalue weighted by Crippen LogP contribution is -2.25. The Balaban J connectivity index is 1.68.